The first-order valence-corrected chi connectivity index (χ1v) is 10.7. The van der Waals surface area contributed by atoms with Crippen LogP contribution in [0.2, 0.25) is 0 Å². The minimum absolute atomic E-state index is 0.0720. The molecule has 4 rings (SSSR count). The summed E-state index contributed by atoms with van der Waals surface area (Å²) in [6.07, 6.45) is 1.70. The highest BCUT2D eigenvalue weighted by Gasteiger charge is 2.26. The van der Waals surface area contributed by atoms with Crippen molar-refractivity contribution in [1.82, 2.24) is 0 Å². The van der Waals surface area contributed by atoms with Gasteiger partial charge in [0.15, 0.2) is 0 Å². The molecule has 2 heterocycles. The summed E-state index contributed by atoms with van der Waals surface area (Å²) in [6, 6.07) is 14.5. The van der Waals surface area contributed by atoms with E-state index in [4.69, 9.17) is 28.7 Å². The molecule has 0 saturated carbocycles. The molecule has 2 fully saturated rings. The number of hydrogen-bond acceptors (Lipinski definition) is 8. The quantitative estimate of drug-likeness (QED) is 0.404. The lowest BCUT2D eigenvalue weighted by atomic mass is 10.00. The summed E-state index contributed by atoms with van der Waals surface area (Å²) in [4.78, 5) is 4.56. The van der Waals surface area contributed by atoms with Gasteiger partial charge in [-0.1, -0.05) is 0 Å². The second-order valence-electron chi connectivity index (χ2n) is 8.81. The minimum atomic E-state index is 0.0720. The fraction of sp³-hybridized carbons (Fsp3) is 0.455. The van der Waals surface area contributed by atoms with E-state index >= 15 is 0 Å². The van der Waals surface area contributed by atoms with Crippen molar-refractivity contribution in [2.24, 2.45) is 22.9 Å². The number of nitrogens with zero attached hydrogens (tertiary/aromatic N) is 2. The maximum atomic E-state index is 6.25. The number of hydrogen-bond donors (Lipinski definition) is 6. The number of nitrogens with one attached hydrogen (secondary N) is 1. The highest BCUT2D eigenvalue weighted by Crippen LogP contribution is 2.32. The number of nitrogen functional groups attached to an aromatic ring is 1. The first-order chi connectivity index (χ1) is 14.4. The average molecular weight is 411 g/mol. The lowest BCUT2D eigenvalue weighted by Crippen LogP contribution is -2.53. The van der Waals surface area contributed by atoms with Crippen molar-refractivity contribution in [3.05, 3.63) is 42.5 Å². The van der Waals surface area contributed by atoms with E-state index in [-0.39, 0.29) is 24.2 Å². The third-order valence-electron chi connectivity index (χ3n) is 5.86. The lowest BCUT2D eigenvalue weighted by Gasteiger charge is -2.39. The first-order valence-electron chi connectivity index (χ1n) is 10.7. The Bertz CT molecular complexity index is 790. The molecule has 0 amide bonds. The number of rotatable bonds is 4. The van der Waals surface area contributed by atoms with Crippen molar-refractivity contribution in [2.45, 2.75) is 37.0 Å². The van der Waals surface area contributed by atoms with Gasteiger partial charge in [-0.15, -0.1) is 0 Å². The predicted molar refractivity (Wildman–Crippen MR) is 126 cm³/mol. The molecule has 2 saturated heterocycles. The fourth-order valence-corrected chi connectivity index (χ4v) is 4.54. The summed E-state index contributed by atoms with van der Waals surface area (Å²) in [5.74, 6) is 0. The number of benzene rings is 2. The Morgan fingerprint density at radius 2 is 1.07 bits per heavy atom. The Labute approximate surface area is 178 Å². The van der Waals surface area contributed by atoms with Crippen molar-refractivity contribution in [3.63, 3.8) is 0 Å². The molecule has 0 spiro atoms. The molecule has 2 aromatic rings. The first kappa shape index (κ1) is 20.7. The van der Waals surface area contributed by atoms with Crippen LogP contribution >= 0.6 is 0 Å². The van der Waals surface area contributed by atoms with Crippen LogP contribution in [0.3, 0.4) is 0 Å². The topological polar surface area (TPSA) is 149 Å². The van der Waals surface area contributed by atoms with E-state index in [0.717, 1.165) is 67.5 Å². The number of anilines is 5. The molecule has 0 aliphatic carbocycles. The summed E-state index contributed by atoms with van der Waals surface area (Å²) in [7, 11) is 0. The highest BCUT2D eigenvalue weighted by atomic mass is 15.2. The Morgan fingerprint density at radius 1 is 0.633 bits per heavy atom. The summed E-state index contributed by atoms with van der Waals surface area (Å²) >= 11 is 0. The van der Waals surface area contributed by atoms with Crippen molar-refractivity contribution in [3.8, 4) is 0 Å². The van der Waals surface area contributed by atoms with Crippen molar-refractivity contribution in [2.75, 3.05) is 47.0 Å². The van der Waals surface area contributed by atoms with Crippen molar-refractivity contribution in [1.29, 1.82) is 0 Å². The highest BCUT2D eigenvalue weighted by molar-refractivity contribution is 5.73. The zero-order chi connectivity index (χ0) is 21.3. The van der Waals surface area contributed by atoms with E-state index in [9.17, 15) is 0 Å². The van der Waals surface area contributed by atoms with E-state index in [1.54, 1.807) is 0 Å². The second-order valence-corrected chi connectivity index (χ2v) is 8.81. The molecule has 0 aromatic heterocycles. The molecule has 8 heteroatoms. The van der Waals surface area contributed by atoms with Crippen molar-refractivity contribution >= 4 is 28.4 Å². The number of piperidine rings is 2. The predicted octanol–water partition coefficient (Wildman–Crippen LogP) is 0.742. The Morgan fingerprint density at radius 3 is 1.50 bits per heavy atom. The van der Waals surface area contributed by atoms with Gasteiger partial charge in [-0.25, -0.2) is 0 Å². The van der Waals surface area contributed by atoms with Gasteiger partial charge < -0.3 is 43.8 Å². The molecule has 0 bridgehead atoms. The molecule has 0 radical (unpaired) electrons. The molecule has 162 valence electrons. The van der Waals surface area contributed by atoms with Crippen LogP contribution in [0.15, 0.2) is 42.5 Å². The van der Waals surface area contributed by atoms with Gasteiger partial charge in [-0.2, -0.15) is 0 Å². The Hall–Kier alpha value is -2.52. The largest absolute Gasteiger partial charge is 0.399 e. The molecule has 11 N–H and O–H groups in total. The van der Waals surface area contributed by atoms with Crippen LogP contribution in [-0.2, 0) is 0 Å². The van der Waals surface area contributed by atoms with Crippen LogP contribution < -0.4 is 43.8 Å². The minimum Gasteiger partial charge on any atom is -0.399 e. The van der Waals surface area contributed by atoms with Crippen LogP contribution in [0, 0.1) is 0 Å². The molecule has 8 nitrogen and oxygen atoms in total. The summed E-state index contributed by atoms with van der Waals surface area (Å²) < 4.78 is 0. The van der Waals surface area contributed by atoms with E-state index in [1.807, 2.05) is 24.3 Å². The van der Waals surface area contributed by atoms with Gasteiger partial charge in [-0.05, 0) is 55.3 Å². The van der Waals surface area contributed by atoms with Crippen LogP contribution in [0.5, 0.6) is 0 Å². The lowest BCUT2D eigenvalue weighted by molar-refractivity contribution is 0.449. The van der Waals surface area contributed by atoms with Gasteiger partial charge in [-0.3, -0.25) is 0 Å². The van der Waals surface area contributed by atoms with Gasteiger partial charge in [0.1, 0.15) is 0 Å². The van der Waals surface area contributed by atoms with Crippen LogP contribution in [0.4, 0.5) is 28.4 Å². The molecular weight excluding hydrogens is 376 g/mol. The average Bonchev–Trinajstić information content (AvgIpc) is 2.68. The second kappa shape index (κ2) is 8.69. The summed E-state index contributed by atoms with van der Waals surface area (Å²) in [5, 5.41) is 3.50. The summed E-state index contributed by atoms with van der Waals surface area (Å²) in [6.45, 7) is 3.16. The fourth-order valence-electron chi connectivity index (χ4n) is 4.54. The molecule has 2 aliphatic heterocycles. The third-order valence-corrected chi connectivity index (χ3v) is 5.86. The molecule has 0 unspecified atom stereocenters. The smallest absolute Gasteiger partial charge is 0.0425 e. The Balaban J connectivity index is 1.67. The molecule has 30 heavy (non-hydrogen) atoms. The standard InChI is InChI=1S/C22H34N8/c23-14-1-3-19(4-2-14)28-20-7-21(29-10-15(24)5-16(25)11-29)9-22(8-20)30-12-17(26)6-18(27)13-30/h1-4,7-9,15-18,28H,5-6,10-13,23-27H2/t15-,16+,17-,18+. The van der Waals surface area contributed by atoms with Gasteiger partial charge in [0.25, 0.3) is 0 Å². The molecule has 2 aliphatic rings. The normalized spacial score (nSPS) is 27.2. The van der Waals surface area contributed by atoms with Gasteiger partial charge in [0, 0.05) is 78.8 Å². The Kier molecular flexibility index (Phi) is 6.01. The van der Waals surface area contributed by atoms with Gasteiger partial charge in [0.2, 0.25) is 0 Å². The SMILES string of the molecule is Nc1ccc(Nc2cc(N3C[C@H](N)C[C@H](N)C3)cc(N3C[C@H](N)C[C@H](N)C3)c2)cc1. The zero-order valence-corrected chi connectivity index (χ0v) is 17.4. The van der Waals surface area contributed by atoms with Crippen LogP contribution in [-0.4, -0.2) is 50.3 Å². The van der Waals surface area contributed by atoms with Gasteiger partial charge in [0.05, 0.1) is 0 Å². The van der Waals surface area contributed by atoms with E-state index in [2.05, 4.69) is 33.3 Å². The van der Waals surface area contributed by atoms with E-state index in [1.165, 1.54) is 0 Å². The third kappa shape index (κ3) is 4.96. The van der Waals surface area contributed by atoms with Gasteiger partial charge >= 0.3 is 0 Å². The maximum absolute atomic E-state index is 6.25. The van der Waals surface area contributed by atoms with E-state index < -0.39 is 0 Å². The molecular formula is C22H34N8. The molecule has 4 atom stereocenters. The van der Waals surface area contributed by atoms with Crippen LogP contribution in [0.1, 0.15) is 12.8 Å². The zero-order valence-electron chi connectivity index (χ0n) is 17.4. The monoisotopic (exact) mass is 410 g/mol. The van der Waals surface area contributed by atoms with E-state index in [0.29, 0.717) is 0 Å². The molecule has 2 aromatic carbocycles. The van der Waals surface area contributed by atoms with Crippen molar-refractivity contribution < 1.29 is 0 Å². The number of nitrogens with two attached hydrogens (primary N) is 5. The maximum Gasteiger partial charge on any atom is 0.0425 e. The summed E-state index contributed by atoms with van der Waals surface area (Å²) in [5.41, 5.74) is 35.8. The van der Waals surface area contributed by atoms with Crippen LogP contribution in [0.25, 0.3) is 0 Å².